The van der Waals surface area contributed by atoms with E-state index in [1.165, 1.54) is 5.56 Å². The van der Waals surface area contributed by atoms with Crippen molar-refractivity contribution in [1.29, 1.82) is 0 Å². The van der Waals surface area contributed by atoms with Crippen LogP contribution in [0.2, 0.25) is 0 Å². The molecule has 0 spiro atoms. The molecule has 2 aliphatic rings. The third-order valence-electron chi connectivity index (χ3n) is 9.30. The lowest BCUT2D eigenvalue weighted by atomic mass is 9.99. The Hall–Kier alpha value is -5.88. The number of para-hydroxylation sites is 2. The first-order valence-electron chi connectivity index (χ1n) is 18.6. The van der Waals surface area contributed by atoms with E-state index in [4.69, 9.17) is 39.4 Å². The maximum Gasteiger partial charge on any atom is 0.337 e. The lowest BCUT2D eigenvalue weighted by molar-refractivity contribution is -0.134. The summed E-state index contributed by atoms with van der Waals surface area (Å²) in [5, 5.41) is 31.2. The molecule has 0 saturated carbocycles. The van der Waals surface area contributed by atoms with Crippen LogP contribution in [0.3, 0.4) is 0 Å². The zero-order chi connectivity index (χ0) is 43.5. The van der Waals surface area contributed by atoms with Gasteiger partial charge in [0.15, 0.2) is 22.9 Å². The molecule has 1 amide bonds. The summed E-state index contributed by atoms with van der Waals surface area (Å²) in [5.74, 6) is -2.22. The number of amides is 1. The number of hydrogen-bond acceptors (Lipinski definition) is 12. The number of quaternary nitrogens is 1. The monoisotopic (exact) mass is 838 g/mol. The van der Waals surface area contributed by atoms with E-state index in [0.717, 1.165) is 74.0 Å². The van der Waals surface area contributed by atoms with Crippen LogP contribution in [-0.4, -0.2) is 134 Å². The van der Waals surface area contributed by atoms with Gasteiger partial charge in [0.25, 0.3) is 0 Å². The van der Waals surface area contributed by atoms with E-state index >= 15 is 0 Å². The molecule has 1 saturated heterocycles. The number of carboxylic acids is 4. The van der Waals surface area contributed by atoms with E-state index in [0.29, 0.717) is 48.2 Å². The third kappa shape index (κ3) is 14.5. The molecule has 3 aromatic rings. The van der Waals surface area contributed by atoms with Crippen LogP contribution in [0.4, 0.5) is 5.69 Å². The summed E-state index contributed by atoms with van der Waals surface area (Å²) in [5.41, 5.74) is 3.18. The van der Waals surface area contributed by atoms with Crippen molar-refractivity contribution in [2.24, 2.45) is 0 Å². The van der Waals surface area contributed by atoms with Crippen LogP contribution in [0.25, 0.3) is 0 Å². The molecule has 1 fully saturated rings. The number of carbonyl (C=O) groups excluding carboxylic acids is 1. The van der Waals surface area contributed by atoms with Crippen molar-refractivity contribution in [3.05, 3.63) is 96.1 Å². The maximum atomic E-state index is 13.6. The van der Waals surface area contributed by atoms with Gasteiger partial charge < -0.3 is 49.2 Å². The fourth-order valence-electron chi connectivity index (χ4n) is 6.32. The maximum absolute atomic E-state index is 13.6. The van der Waals surface area contributed by atoms with Gasteiger partial charge in [-0.15, -0.1) is 0 Å². The summed E-state index contributed by atoms with van der Waals surface area (Å²) in [6.45, 7) is 8.78. The minimum absolute atomic E-state index is 0.145. The highest BCUT2D eigenvalue weighted by Gasteiger charge is 2.47. The number of aliphatic carboxylic acids is 4. The van der Waals surface area contributed by atoms with Gasteiger partial charge in [-0.3, -0.25) is 0 Å². The smallest absolute Gasteiger partial charge is 0.337 e. The molecule has 59 heavy (non-hydrogen) atoms. The van der Waals surface area contributed by atoms with Crippen molar-refractivity contribution in [3.8, 4) is 23.0 Å². The van der Waals surface area contributed by atoms with E-state index in [9.17, 15) is 24.0 Å². The Morgan fingerprint density at radius 1 is 0.729 bits per heavy atom. The summed E-state index contributed by atoms with van der Waals surface area (Å²) in [6.07, 6.45) is 4.09. The van der Waals surface area contributed by atoms with E-state index in [1.54, 1.807) is 33.3 Å². The summed E-state index contributed by atoms with van der Waals surface area (Å²) < 4.78 is 23.0. The van der Waals surface area contributed by atoms with Crippen molar-refractivity contribution < 1.29 is 63.3 Å². The lowest BCUT2D eigenvalue weighted by Crippen LogP contribution is -2.48. The first-order chi connectivity index (χ1) is 28.1. The van der Waals surface area contributed by atoms with Crippen molar-refractivity contribution >= 4 is 47.4 Å². The molecule has 16 nitrogen and oxygen atoms in total. The number of carbonyl (C=O) groups is 5. The highest BCUT2D eigenvalue weighted by molar-refractivity contribution is 7.99. The van der Waals surface area contributed by atoms with Gasteiger partial charge in [0.05, 0.1) is 45.8 Å². The third-order valence-corrected chi connectivity index (χ3v) is 10.6. The number of fused-ring (bicyclic) bond motifs is 1. The normalized spacial score (nSPS) is 17.8. The molecule has 3 aromatic carbocycles. The molecule has 2 unspecified atom stereocenters. The molecular formula is C42H52N3O13S+. The second-order valence-electron chi connectivity index (χ2n) is 13.3. The minimum atomic E-state index is -1.26. The molecule has 5 rings (SSSR count). The number of nitrogens with zero attached hydrogens (tertiary/aromatic N) is 3. The Balaban J connectivity index is 0.000000490. The molecule has 318 valence electrons. The number of benzene rings is 3. The second-order valence-corrected chi connectivity index (χ2v) is 14.6. The first-order valence-corrected chi connectivity index (χ1v) is 19.3. The minimum Gasteiger partial charge on any atom is -0.493 e. The van der Waals surface area contributed by atoms with Crippen LogP contribution < -0.4 is 22.8 Å². The Morgan fingerprint density at radius 2 is 1.22 bits per heavy atom. The highest BCUT2D eigenvalue weighted by Crippen LogP contribution is 2.49. The number of hydrogen-bond donors (Lipinski definition) is 4. The Bertz CT molecular complexity index is 1890. The zero-order valence-corrected chi connectivity index (χ0v) is 34.6. The second kappa shape index (κ2) is 23.5. The highest BCUT2D eigenvalue weighted by atomic mass is 32.2. The van der Waals surface area contributed by atoms with Crippen LogP contribution in [0.1, 0.15) is 30.4 Å². The van der Waals surface area contributed by atoms with E-state index in [1.807, 2.05) is 62.5 Å². The van der Waals surface area contributed by atoms with Crippen LogP contribution in [0, 0.1) is 0 Å². The molecule has 4 N–H and O–H groups in total. The van der Waals surface area contributed by atoms with Gasteiger partial charge >= 0.3 is 29.8 Å². The number of rotatable bonds is 16. The summed E-state index contributed by atoms with van der Waals surface area (Å²) >= 11 is 1.59. The van der Waals surface area contributed by atoms with Crippen LogP contribution >= 0.6 is 11.9 Å². The van der Waals surface area contributed by atoms with Gasteiger partial charge in [-0.2, -0.15) is 3.89 Å². The van der Waals surface area contributed by atoms with Gasteiger partial charge in [0.2, 0.25) is 5.75 Å². The molecule has 2 atom stereocenters. The van der Waals surface area contributed by atoms with Crippen molar-refractivity contribution in [1.82, 2.24) is 13.7 Å². The zero-order valence-electron chi connectivity index (χ0n) is 33.7. The van der Waals surface area contributed by atoms with E-state index in [-0.39, 0.29) is 15.7 Å². The quantitative estimate of drug-likeness (QED) is 0.0644. The van der Waals surface area contributed by atoms with E-state index < -0.39 is 23.9 Å². The Morgan fingerprint density at radius 3 is 1.73 bits per heavy atom. The average Bonchev–Trinajstić information content (AvgIpc) is 3.22. The number of likely N-dealkylation sites (N-methyl/N-ethyl adjacent to an activating group) is 1. The fraction of sp³-hybridized carbons (Fsp3) is 0.357. The van der Waals surface area contributed by atoms with Crippen LogP contribution in [0.15, 0.2) is 89.9 Å². The van der Waals surface area contributed by atoms with Crippen molar-refractivity contribution in [3.63, 3.8) is 0 Å². The van der Waals surface area contributed by atoms with Crippen molar-refractivity contribution in [2.45, 2.75) is 30.6 Å². The van der Waals surface area contributed by atoms with Crippen molar-refractivity contribution in [2.75, 3.05) is 74.3 Å². The molecular weight excluding hydrogens is 787 g/mol. The van der Waals surface area contributed by atoms with Crippen LogP contribution in [0.5, 0.6) is 23.0 Å². The Kier molecular flexibility index (Phi) is 18.9. The topological polar surface area (TPSA) is 210 Å². The predicted octanol–water partition coefficient (Wildman–Crippen LogP) is 5.05. The van der Waals surface area contributed by atoms with Gasteiger partial charge in [-0.25, -0.2) is 24.0 Å². The largest absolute Gasteiger partial charge is 0.493 e. The molecule has 0 aliphatic carbocycles. The number of ether oxygens (including phenoxy) is 4. The molecule has 2 heterocycles. The lowest BCUT2D eigenvalue weighted by Gasteiger charge is -2.36. The van der Waals surface area contributed by atoms with E-state index in [2.05, 4.69) is 21.9 Å². The molecule has 17 heteroatoms. The predicted molar refractivity (Wildman–Crippen MR) is 221 cm³/mol. The first kappa shape index (κ1) is 47.5. The SMILES string of the molecule is COc1cc(CCN2CCN(CCCOc3ccccc3[N+]3(C)Sc4ccccc4C(C)C3=O)CC2)cc(OC)c1OC.O=C(O)/C=C\C(=O)O.O=C(O)/C=C\C(=O)O. The average molecular weight is 839 g/mol. The van der Waals surface area contributed by atoms with Gasteiger partial charge in [-0.1, -0.05) is 30.3 Å². The number of carboxylic acid groups (broad SMARTS) is 4. The summed E-state index contributed by atoms with van der Waals surface area (Å²) in [4.78, 5) is 58.0. The van der Waals surface area contributed by atoms with Gasteiger partial charge in [-0.05, 0) is 55.2 Å². The molecule has 0 aromatic heterocycles. The summed E-state index contributed by atoms with van der Waals surface area (Å²) in [7, 11) is 6.92. The van der Waals surface area contributed by atoms with Crippen LogP contribution in [-0.2, 0) is 30.4 Å². The standard InChI is InChI=1S/C34H44N3O5S.2C4H4O4/c1-25-27-11-6-9-14-32(27)43-37(2,34(25)38)28-12-7-8-13-29(28)42-22-10-16-35-18-20-36(21-19-35)17-15-26-23-30(39-3)33(41-5)31(24-26)40-4;2*5-3(6)1-2-4(7)8/h6-9,11-14,23-25H,10,15-22H2,1-5H3;2*1-2H,(H,5,6)(H,7,8)/q+1;;/b;2*2-1-. The van der Waals surface area contributed by atoms with Gasteiger partial charge in [0, 0.05) is 69.6 Å². The van der Waals surface area contributed by atoms with Gasteiger partial charge in [0.1, 0.15) is 11.9 Å². The number of piperazine rings is 1. The summed E-state index contributed by atoms with van der Waals surface area (Å²) in [6, 6.07) is 20.3. The number of methoxy groups -OCH3 is 3. The molecule has 2 aliphatic heterocycles. The molecule has 0 radical (unpaired) electrons. The molecule has 0 bridgehead atoms. The Labute approximate surface area is 347 Å². The fourth-order valence-corrected chi connectivity index (χ4v) is 7.70.